The van der Waals surface area contributed by atoms with Gasteiger partial charge in [-0.3, -0.25) is 9.59 Å². The van der Waals surface area contributed by atoms with E-state index in [1.807, 2.05) is 13.8 Å². The maximum atomic E-state index is 11.9. The molecule has 0 saturated carbocycles. The van der Waals surface area contributed by atoms with E-state index in [1.165, 1.54) is 0 Å². The number of carbonyl (C=O) groups excluding carboxylic acids is 1. The Morgan fingerprint density at radius 2 is 2.19 bits per heavy atom. The van der Waals surface area contributed by atoms with E-state index in [2.05, 4.69) is 20.6 Å². The number of hydrogen-bond donors (Lipinski definition) is 3. The van der Waals surface area contributed by atoms with Gasteiger partial charge in [0.2, 0.25) is 5.91 Å². The first-order valence-corrected chi connectivity index (χ1v) is 7.02. The highest BCUT2D eigenvalue weighted by Gasteiger charge is 2.06. The monoisotopic (exact) mass is 308 g/mol. The van der Waals surface area contributed by atoms with Gasteiger partial charge < -0.3 is 15.6 Å². The molecule has 0 aliphatic carbocycles. The fraction of sp³-hybridized carbons (Fsp3) is 0.357. The molecular formula is C14H17ClN4O2. The largest absolute Gasteiger partial charge is 0.353 e. The van der Waals surface area contributed by atoms with Crippen LogP contribution in [0.4, 0.5) is 0 Å². The second-order valence-corrected chi connectivity index (χ2v) is 5.44. The van der Waals surface area contributed by atoms with Gasteiger partial charge in [-0.1, -0.05) is 11.6 Å². The van der Waals surface area contributed by atoms with E-state index in [-0.39, 0.29) is 24.1 Å². The van der Waals surface area contributed by atoms with Crippen molar-refractivity contribution >= 4 is 28.4 Å². The molecule has 0 atom stereocenters. The summed E-state index contributed by atoms with van der Waals surface area (Å²) in [6, 6.07) is 5.02. The third kappa shape index (κ3) is 4.27. The van der Waals surface area contributed by atoms with Crippen LogP contribution in [0.1, 0.15) is 19.7 Å². The van der Waals surface area contributed by atoms with Gasteiger partial charge in [0.1, 0.15) is 5.82 Å². The van der Waals surface area contributed by atoms with Gasteiger partial charge in [-0.15, -0.1) is 0 Å². The zero-order valence-corrected chi connectivity index (χ0v) is 12.6. The molecule has 0 bridgehead atoms. The van der Waals surface area contributed by atoms with Crippen LogP contribution in [0.25, 0.3) is 10.9 Å². The highest BCUT2D eigenvalue weighted by atomic mass is 35.5. The Kier molecular flexibility index (Phi) is 4.93. The van der Waals surface area contributed by atoms with Crippen LogP contribution >= 0.6 is 11.6 Å². The lowest BCUT2D eigenvalue weighted by atomic mass is 10.2. The number of carbonyl (C=O) groups is 1. The summed E-state index contributed by atoms with van der Waals surface area (Å²) >= 11 is 5.90. The molecule has 6 nitrogen and oxygen atoms in total. The summed E-state index contributed by atoms with van der Waals surface area (Å²) in [6.07, 6.45) is 0. The highest BCUT2D eigenvalue weighted by molar-refractivity contribution is 6.31. The first kappa shape index (κ1) is 15.5. The molecule has 2 aromatic rings. The van der Waals surface area contributed by atoms with E-state index in [9.17, 15) is 9.59 Å². The molecular weight excluding hydrogens is 292 g/mol. The maximum absolute atomic E-state index is 11.9. The summed E-state index contributed by atoms with van der Waals surface area (Å²) < 4.78 is 0. The lowest BCUT2D eigenvalue weighted by molar-refractivity contribution is -0.120. The van der Waals surface area contributed by atoms with Crippen molar-refractivity contribution in [3.05, 3.63) is 39.4 Å². The molecule has 21 heavy (non-hydrogen) atoms. The summed E-state index contributed by atoms with van der Waals surface area (Å²) in [4.78, 5) is 30.4. The average molecular weight is 309 g/mol. The first-order chi connectivity index (χ1) is 9.95. The molecule has 3 N–H and O–H groups in total. The van der Waals surface area contributed by atoms with E-state index in [0.717, 1.165) is 0 Å². The smallest absolute Gasteiger partial charge is 0.258 e. The number of hydrogen-bond acceptors (Lipinski definition) is 4. The first-order valence-electron chi connectivity index (χ1n) is 6.64. The van der Waals surface area contributed by atoms with Crippen LogP contribution in [-0.2, 0) is 11.3 Å². The predicted octanol–water partition coefficient (Wildman–Crippen LogP) is 1.19. The number of halogens is 1. The second kappa shape index (κ2) is 6.69. The molecule has 2 rings (SSSR count). The molecule has 0 saturated heterocycles. The van der Waals surface area contributed by atoms with Gasteiger partial charge in [-0.2, -0.15) is 0 Å². The van der Waals surface area contributed by atoms with E-state index in [0.29, 0.717) is 28.3 Å². The van der Waals surface area contributed by atoms with Crippen molar-refractivity contribution in [3.63, 3.8) is 0 Å². The topological polar surface area (TPSA) is 86.9 Å². The Morgan fingerprint density at radius 3 is 2.90 bits per heavy atom. The Morgan fingerprint density at radius 1 is 1.43 bits per heavy atom. The number of amides is 1. The van der Waals surface area contributed by atoms with Crippen LogP contribution < -0.4 is 16.2 Å². The Balaban J connectivity index is 2.06. The molecule has 112 valence electrons. The molecule has 0 aliphatic heterocycles. The van der Waals surface area contributed by atoms with Crippen LogP contribution in [0.3, 0.4) is 0 Å². The van der Waals surface area contributed by atoms with Crippen molar-refractivity contribution in [1.29, 1.82) is 0 Å². The molecule has 1 amide bonds. The maximum Gasteiger partial charge on any atom is 0.258 e. The fourth-order valence-electron chi connectivity index (χ4n) is 1.91. The van der Waals surface area contributed by atoms with Crippen molar-refractivity contribution in [2.45, 2.75) is 26.4 Å². The zero-order valence-electron chi connectivity index (χ0n) is 11.9. The number of benzene rings is 1. The Hall–Kier alpha value is -1.92. The number of rotatable bonds is 5. The molecule has 0 spiro atoms. The highest BCUT2D eigenvalue weighted by Crippen LogP contribution is 2.14. The van der Waals surface area contributed by atoms with Crippen LogP contribution in [0.2, 0.25) is 5.02 Å². The van der Waals surface area contributed by atoms with Gasteiger partial charge >= 0.3 is 0 Å². The molecule has 0 fully saturated rings. The van der Waals surface area contributed by atoms with Gasteiger partial charge in [0, 0.05) is 11.1 Å². The molecule has 7 heteroatoms. The van der Waals surface area contributed by atoms with Crippen molar-refractivity contribution in [1.82, 2.24) is 20.6 Å². The third-order valence-electron chi connectivity index (χ3n) is 2.75. The minimum Gasteiger partial charge on any atom is -0.353 e. The number of H-pyrrole nitrogens is 1. The second-order valence-electron chi connectivity index (χ2n) is 5.00. The summed E-state index contributed by atoms with van der Waals surface area (Å²) in [5.41, 5.74) is 0.315. The van der Waals surface area contributed by atoms with E-state index < -0.39 is 0 Å². The quantitative estimate of drug-likeness (QED) is 0.774. The van der Waals surface area contributed by atoms with E-state index in [4.69, 9.17) is 11.6 Å². The standard InChI is InChI=1S/C14H17ClN4O2/c1-8(2)17-13(20)7-16-6-12-18-11-5-9(15)3-4-10(11)14(21)19-12/h3-5,8,16H,6-7H2,1-2H3,(H,17,20)(H,18,19,21). The van der Waals surface area contributed by atoms with E-state index in [1.54, 1.807) is 18.2 Å². The van der Waals surface area contributed by atoms with Crippen LogP contribution in [0, 0.1) is 0 Å². The van der Waals surface area contributed by atoms with Crippen LogP contribution in [-0.4, -0.2) is 28.5 Å². The molecule has 0 radical (unpaired) electrons. The third-order valence-corrected chi connectivity index (χ3v) is 2.98. The lowest BCUT2D eigenvalue weighted by Crippen LogP contribution is -2.37. The summed E-state index contributed by atoms with van der Waals surface area (Å²) in [6.45, 7) is 4.24. The lowest BCUT2D eigenvalue weighted by Gasteiger charge is -2.09. The van der Waals surface area contributed by atoms with Gasteiger partial charge in [0.15, 0.2) is 0 Å². The summed E-state index contributed by atoms with van der Waals surface area (Å²) in [7, 11) is 0. The van der Waals surface area contributed by atoms with Crippen molar-refractivity contribution < 1.29 is 4.79 Å². The molecule has 1 aromatic heterocycles. The summed E-state index contributed by atoms with van der Waals surface area (Å²) in [5.74, 6) is 0.364. The normalized spacial score (nSPS) is 11.0. The predicted molar refractivity (Wildman–Crippen MR) is 82.4 cm³/mol. The number of aromatic nitrogens is 2. The zero-order chi connectivity index (χ0) is 15.4. The number of nitrogens with zero attached hydrogens (tertiary/aromatic N) is 1. The Labute approximate surface area is 126 Å². The van der Waals surface area contributed by atoms with Gasteiger partial charge in [-0.05, 0) is 32.0 Å². The van der Waals surface area contributed by atoms with Gasteiger partial charge in [0.25, 0.3) is 5.56 Å². The average Bonchev–Trinajstić information content (AvgIpc) is 2.37. The van der Waals surface area contributed by atoms with Crippen LogP contribution in [0.15, 0.2) is 23.0 Å². The number of aromatic amines is 1. The van der Waals surface area contributed by atoms with Crippen molar-refractivity contribution in [2.75, 3.05) is 6.54 Å². The van der Waals surface area contributed by atoms with Gasteiger partial charge in [-0.25, -0.2) is 4.98 Å². The van der Waals surface area contributed by atoms with E-state index >= 15 is 0 Å². The van der Waals surface area contributed by atoms with Crippen molar-refractivity contribution in [3.8, 4) is 0 Å². The fourth-order valence-corrected chi connectivity index (χ4v) is 2.08. The van der Waals surface area contributed by atoms with Gasteiger partial charge in [0.05, 0.1) is 24.0 Å². The minimum absolute atomic E-state index is 0.0973. The Bertz CT molecular complexity index is 712. The summed E-state index contributed by atoms with van der Waals surface area (Å²) in [5, 5.41) is 6.71. The number of nitrogens with one attached hydrogen (secondary N) is 3. The molecule has 1 aromatic carbocycles. The van der Waals surface area contributed by atoms with Crippen molar-refractivity contribution in [2.24, 2.45) is 0 Å². The molecule has 1 heterocycles. The minimum atomic E-state index is -0.222. The van der Waals surface area contributed by atoms with Crippen LogP contribution in [0.5, 0.6) is 0 Å². The molecule has 0 unspecified atom stereocenters. The molecule has 0 aliphatic rings. The SMILES string of the molecule is CC(C)NC(=O)CNCc1nc2cc(Cl)ccc2c(=O)[nH]1. The number of fused-ring (bicyclic) bond motifs is 1.